The van der Waals surface area contributed by atoms with Gasteiger partial charge in [-0.05, 0) is 22.9 Å². The molecule has 1 aromatic rings. The Labute approximate surface area is 98.0 Å². The maximum Gasteiger partial charge on any atom is 0.176 e. The summed E-state index contributed by atoms with van der Waals surface area (Å²) in [6.07, 6.45) is -1.18. The predicted octanol–water partition coefficient (Wildman–Crippen LogP) is 3.44. The number of hydrogen-bond acceptors (Lipinski definition) is 1. The van der Waals surface area contributed by atoms with Crippen LogP contribution in [0, 0.1) is 17.5 Å². The molecule has 0 fully saturated rings. The van der Waals surface area contributed by atoms with Crippen molar-refractivity contribution in [1.29, 1.82) is 0 Å². The second-order valence-corrected chi connectivity index (χ2v) is 4.27. The molecule has 15 heavy (non-hydrogen) atoms. The molecule has 0 saturated heterocycles. The van der Waals surface area contributed by atoms with Gasteiger partial charge in [-0.3, -0.25) is 0 Å². The van der Waals surface area contributed by atoms with Crippen molar-refractivity contribution in [2.24, 2.45) is 0 Å². The minimum Gasteiger partial charge on any atom is -0.393 e. The summed E-state index contributed by atoms with van der Waals surface area (Å²) in [5, 5.41) is 8.51. The number of aliphatic hydroxyl groups excluding tert-OH is 1. The van der Waals surface area contributed by atoms with Gasteiger partial charge in [0.2, 0.25) is 0 Å². The Balaban J connectivity index is 3.39. The monoisotopic (exact) mass is 302 g/mol. The summed E-state index contributed by atoms with van der Waals surface area (Å²) in [6, 6.07) is 0. The van der Waals surface area contributed by atoms with Gasteiger partial charge in [0.25, 0.3) is 0 Å². The summed E-state index contributed by atoms with van der Waals surface area (Å²) in [5.41, 5.74) is -0.357. The summed E-state index contributed by atoms with van der Waals surface area (Å²) < 4.78 is 39.0. The van der Waals surface area contributed by atoms with Crippen LogP contribution in [0.25, 0.3) is 0 Å². The summed E-state index contributed by atoms with van der Waals surface area (Å²) in [6.45, 7) is 1.37. The van der Waals surface area contributed by atoms with Gasteiger partial charge >= 0.3 is 0 Å². The van der Waals surface area contributed by atoms with Crippen molar-refractivity contribution in [3.8, 4) is 0 Å². The van der Waals surface area contributed by atoms with E-state index < -0.39 is 33.1 Å². The lowest BCUT2D eigenvalue weighted by Gasteiger charge is -2.11. The third-order valence-electron chi connectivity index (χ3n) is 1.80. The van der Waals surface area contributed by atoms with E-state index in [2.05, 4.69) is 15.9 Å². The van der Waals surface area contributed by atoms with E-state index in [-0.39, 0.29) is 12.0 Å². The molecule has 1 rings (SSSR count). The lowest BCUT2D eigenvalue weighted by molar-refractivity contribution is 0.193. The van der Waals surface area contributed by atoms with Crippen LogP contribution in [0.1, 0.15) is 12.5 Å². The first kappa shape index (κ1) is 12.8. The second-order valence-electron chi connectivity index (χ2n) is 3.10. The standard InChI is InChI=1S/C9H7BrClF3O/c1-3(15)2-4-6(11)8(13)5(10)9(14)7(4)12/h3,15H,2H2,1H3. The quantitative estimate of drug-likeness (QED) is 0.655. The van der Waals surface area contributed by atoms with E-state index in [0.29, 0.717) is 0 Å². The number of hydrogen-bond donors (Lipinski definition) is 1. The molecule has 0 bridgehead atoms. The van der Waals surface area contributed by atoms with Gasteiger partial charge in [0.1, 0.15) is 0 Å². The Morgan fingerprint density at radius 1 is 1.27 bits per heavy atom. The van der Waals surface area contributed by atoms with E-state index in [4.69, 9.17) is 16.7 Å². The van der Waals surface area contributed by atoms with Crippen molar-refractivity contribution in [1.82, 2.24) is 0 Å². The minimum absolute atomic E-state index is 0.244. The van der Waals surface area contributed by atoms with Crippen LogP contribution in [0.4, 0.5) is 13.2 Å². The van der Waals surface area contributed by atoms with Crippen LogP contribution in [0.3, 0.4) is 0 Å². The average molecular weight is 304 g/mol. The maximum atomic E-state index is 13.3. The Bertz CT molecular complexity index is 366. The first-order valence-electron chi connectivity index (χ1n) is 4.04. The molecular weight excluding hydrogens is 296 g/mol. The molecule has 1 aromatic carbocycles. The molecular formula is C9H7BrClF3O. The molecule has 0 aliphatic carbocycles. The normalized spacial score (nSPS) is 13.0. The maximum absolute atomic E-state index is 13.3. The Morgan fingerprint density at radius 3 is 2.27 bits per heavy atom. The van der Waals surface area contributed by atoms with Crippen molar-refractivity contribution in [3.05, 3.63) is 32.5 Å². The fraction of sp³-hybridized carbons (Fsp3) is 0.333. The Morgan fingerprint density at radius 2 is 1.80 bits per heavy atom. The molecule has 1 atom stereocenters. The van der Waals surface area contributed by atoms with Gasteiger partial charge in [-0.1, -0.05) is 11.6 Å². The van der Waals surface area contributed by atoms with Crippen LogP contribution in [0.2, 0.25) is 5.02 Å². The van der Waals surface area contributed by atoms with Crippen molar-refractivity contribution >= 4 is 27.5 Å². The molecule has 1 nitrogen and oxygen atoms in total. The average Bonchev–Trinajstić information content (AvgIpc) is 2.18. The van der Waals surface area contributed by atoms with Crippen molar-refractivity contribution in [3.63, 3.8) is 0 Å². The van der Waals surface area contributed by atoms with Crippen molar-refractivity contribution < 1.29 is 18.3 Å². The zero-order valence-electron chi connectivity index (χ0n) is 7.62. The van der Waals surface area contributed by atoms with E-state index in [1.54, 1.807) is 0 Å². The molecule has 0 aliphatic heterocycles. The molecule has 0 heterocycles. The molecule has 0 saturated carbocycles. The molecule has 6 heteroatoms. The zero-order chi connectivity index (χ0) is 11.7. The van der Waals surface area contributed by atoms with Crippen LogP contribution in [0.15, 0.2) is 4.47 Å². The van der Waals surface area contributed by atoms with Crippen LogP contribution >= 0.6 is 27.5 Å². The Hall–Kier alpha value is -0.260. The highest BCUT2D eigenvalue weighted by Crippen LogP contribution is 2.32. The van der Waals surface area contributed by atoms with Gasteiger partial charge in [0, 0.05) is 12.0 Å². The van der Waals surface area contributed by atoms with E-state index in [1.165, 1.54) is 6.92 Å². The SMILES string of the molecule is CC(O)Cc1c(F)c(F)c(Br)c(F)c1Cl. The highest BCUT2D eigenvalue weighted by atomic mass is 79.9. The predicted molar refractivity (Wildman–Crippen MR) is 54.4 cm³/mol. The smallest absolute Gasteiger partial charge is 0.176 e. The number of aliphatic hydroxyl groups is 1. The van der Waals surface area contributed by atoms with Crippen LogP contribution in [0.5, 0.6) is 0 Å². The molecule has 1 N–H and O–H groups in total. The second kappa shape index (κ2) is 4.72. The lowest BCUT2D eigenvalue weighted by atomic mass is 10.1. The van der Waals surface area contributed by atoms with Crippen molar-refractivity contribution in [2.45, 2.75) is 19.4 Å². The number of halogens is 5. The lowest BCUT2D eigenvalue weighted by Crippen LogP contribution is -2.09. The van der Waals surface area contributed by atoms with E-state index >= 15 is 0 Å². The van der Waals surface area contributed by atoms with E-state index in [1.807, 2.05) is 0 Å². The van der Waals surface area contributed by atoms with E-state index in [0.717, 1.165) is 0 Å². The Kier molecular flexibility index (Phi) is 4.03. The van der Waals surface area contributed by atoms with Crippen LogP contribution in [-0.2, 0) is 6.42 Å². The first-order valence-corrected chi connectivity index (χ1v) is 5.21. The number of rotatable bonds is 2. The summed E-state index contributed by atoms with van der Waals surface area (Å²) in [4.78, 5) is 0. The molecule has 1 unspecified atom stereocenters. The van der Waals surface area contributed by atoms with Gasteiger partial charge in [-0.15, -0.1) is 0 Å². The van der Waals surface area contributed by atoms with Gasteiger partial charge in [0.05, 0.1) is 15.6 Å². The highest BCUT2D eigenvalue weighted by Gasteiger charge is 2.23. The summed E-state index contributed by atoms with van der Waals surface area (Å²) >= 11 is 8.04. The summed E-state index contributed by atoms with van der Waals surface area (Å²) in [5.74, 6) is -3.65. The zero-order valence-corrected chi connectivity index (χ0v) is 9.96. The van der Waals surface area contributed by atoms with Gasteiger partial charge in [0.15, 0.2) is 17.5 Å². The third-order valence-corrected chi connectivity index (χ3v) is 2.89. The molecule has 0 amide bonds. The topological polar surface area (TPSA) is 20.2 Å². The molecule has 0 radical (unpaired) electrons. The van der Waals surface area contributed by atoms with Gasteiger partial charge in [-0.25, -0.2) is 13.2 Å². The van der Waals surface area contributed by atoms with Gasteiger partial charge in [-0.2, -0.15) is 0 Å². The highest BCUT2D eigenvalue weighted by molar-refractivity contribution is 9.10. The summed E-state index contributed by atoms with van der Waals surface area (Å²) in [7, 11) is 0. The van der Waals surface area contributed by atoms with Gasteiger partial charge < -0.3 is 5.11 Å². The van der Waals surface area contributed by atoms with Crippen LogP contribution < -0.4 is 0 Å². The first-order chi connectivity index (χ1) is 6.86. The molecule has 0 aliphatic rings. The largest absolute Gasteiger partial charge is 0.393 e. The van der Waals surface area contributed by atoms with E-state index in [9.17, 15) is 13.2 Å². The van der Waals surface area contributed by atoms with Crippen molar-refractivity contribution in [2.75, 3.05) is 0 Å². The number of benzene rings is 1. The fourth-order valence-corrected chi connectivity index (χ4v) is 1.87. The fourth-order valence-electron chi connectivity index (χ4n) is 1.12. The molecule has 0 spiro atoms. The minimum atomic E-state index is -1.34. The third kappa shape index (κ3) is 2.46. The van der Waals surface area contributed by atoms with Crippen LogP contribution in [-0.4, -0.2) is 11.2 Å². The molecule has 0 aromatic heterocycles. The molecule has 84 valence electrons.